The zero-order chi connectivity index (χ0) is 13.5. The minimum Gasteiger partial charge on any atom is -0.495 e. The van der Waals surface area contributed by atoms with E-state index in [0.717, 1.165) is 0 Å². The van der Waals surface area contributed by atoms with E-state index in [0.29, 0.717) is 17.3 Å². The van der Waals surface area contributed by atoms with Crippen LogP contribution in [0.1, 0.15) is 20.3 Å². The Morgan fingerprint density at radius 2 is 2.06 bits per heavy atom. The quantitative estimate of drug-likeness (QED) is 0.743. The SMILES string of the molecule is CCOC(=O)CC(C)S(=O)c1ccccc1OC. The number of hydrogen-bond acceptors (Lipinski definition) is 4. The lowest BCUT2D eigenvalue weighted by atomic mass is 10.3. The number of carbonyl (C=O) groups excluding carboxylic acids is 1. The van der Waals surface area contributed by atoms with Crippen molar-refractivity contribution in [2.45, 2.75) is 30.4 Å². The van der Waals surface area contributed by atoms with Crippen molar-refractivity contribution in [3.05, 3.63) is 24.3 Å². The van der Waals surface area contributed by atoms with Gasteiger partial charge in [-0.05, 0) is 26.0 Å². The van der Waals surface area contributed by atoms with Gasteiger partial charge in [-0.25, -0.2) is 0 Å². The van der Waals surface area contributed by atoms with E-state index in [1.54, 1.807) is 32.0 Å². The number of carbonyl (C=O) groups is 1. The van der Waals surface area contributed by atoms with Crippen LogP contribution in [0.3, 0.4) is 0 Å². The van der Waals surface area contributed by atoms with Crippen molar-refractivity contribution in [1.82, 2.24) is 0 Å². The molecule has 0 saturated heterocycles. The van der Waals surface area contributed by atoms with Crippen molar-refractivity contribution in [2.24, 2.45) is 0 Å². The maximum atomic E-state index is 12.3. The van der Waals surface area contributed by atoms with Gasteiger partial charge in [0, 0.05) is 5.25 Å². The normalized spacial score (nSPS) is 13.7. The molecule has 0 fully saturated rings. The molecule has 100 valence electrons. The second-order valence-corrected chi connectivity index (χ2v) is 5.61. The number of benzene rings is 1. The van der Waals surface area contributed by atoms with E-state index in [9.17, 15) is 9.00 Å². The van der Waals surface area contributed by atoms with Crippen LogP contribution in [0.15, 0.2) is 29.2 Å². The van der Waals surface area contributed by atoms with Crippen molar-refractivity contribution in [2.75, 3.05) is 13.7 Å². The molecule has 1 rings (SSSR count). The number of ether oxygens (including phenoxy) is 2. The molecule has 0 aliphatic carbocycles. The zero-order valence-electron chi connectivity index (χ0n) is 10.8. The van der Waals surface area contributed by atoms with Crippen LogP contribution in [0, 0.1) is 0 Å². The lowest BCUT2D eigenvalue weighted by Crippen LogP contribution is -2.18. The molecule has 1 aromatic carbocycles. The largest absolute Gasteiger partial charge is 0.495 e. The molecule has 0 bridgehead atoms. The highest BCUT2D eigenvalue weighted by Crippen LogP contribution is 2.24. The summed E-state index contributed by atoms with van der Waals surface area (Å²) in [6, 6.07) is 7.11. The second-order valence-electron chi connectivity index (χ2n) is 3.77. The molecule has 18 heavy (non-hydrogen) atoms. The third kappa shape index (κ3) is 3.84. The van der Waals surface area contributed by atoms with Gasteiger partial charge in [0.15, 0.2) is 0 Å². The molecular formula is C13H18O4S. The average Bonchev–Trinajstić information content (AvgIpc) is 2.38. The highest BCUT2D eigenvalue weighted by Gasteiger charge is 2.20. The maximum Gasteiger partial charge on any atom is 0.306 e. The molecule has 0 radical (unpaired) electrons. The van der Waals surface area contributed by atoms with Gasteiger partial charge in [-0.1, -0.05) is 12.1 Å². The highest BCUT2D eigenvalue weighted by molar-refractivity contribution is 7.85. The Bertz CT molecular complexity index is 431. The summed E-state index contributed by atoms with van der Waals surface area (Å²) in [6.07, 6.45) is 0.137. The molecule has 0 saturated carbocycles. The molecule has 0 aliphatic heterocycles. The Morgan fingerprint density at radius 3 is 2.67 bits per heavy atom. The van der Waals surface area contributed by atoms with Gasteiger partial charge in [0.25, 0.3) is 0 Å². The molecule has 5 heteroatoms. The molecule has 2 unspecified atom stereocenters. The van der Waals surface area contributed by atoms with Gasteiger partial charge < -0.3 is 9.47 Å². The van der Waals surface area contributed by atoms with E-state index in [1.165, 1.54) is 7.11 Å². The van der Waals surface area contributed by atoms with Gasteiger partial charge in [-0.15, -0.1) is 0 Å². The van der Waals surface area contributed by atoms with Crippen LogP contribution < -0.4 is 4.74 Å². The number of para-hydroxylation sites is 1. The van der Waals surface area contributed by atoms with Crippen molar-refractivity contribution in [3.8, 4) is 5.75 Å². The highest BCUT2D eigenvalue weighted by atomic mass is 32.2. The van der Waals surface area contributed by atoms with Crippen LogP contribution in [-0.4, -0.2) is 29.1 Å². The lowest BCUT2D eigenvalue weighted by molar-refractivity contribution is -0.143. The predicted octanol–water partition coefficient (Wildman–Crippen LogP) is 2.14. The van der Waals surface area contributed by atoms with Gasteiger partial charge in [0.05, 0.1) is 35.8 Å². The van der Waals surface area contributed by atoms with Crippen LogP contribution in [-0.2, 0) is 20.3 Å². The third-order valence-electron chi connectivity index (χ3n) is 2.41. The smallest absolute Gasteiger partial charge is 0.306 e. The minimum absolute atomic E-state index is 0.137. The van der Waals surface area contributed by atoms with Crippen LogP contribution in [0.4, 0.5) is 0 Å². The van der Waals surface area contributed by atoms with Crippen LogP contribution in [0.5, 0.6) is 5.75 Å². The van der Waals surface area contributed by atoms with Crippen molar-refractivity contribution >= 4 is 16.8 Å². The minimum atomic E-state index is -1.29. The molecule has 0 aliphatic rings. The predicted molar refractivity (Wildman–Crippen MR) is 70.1 cm³/mol. The Kier molecular flexibility index (Phi) is 5.85. The molecule has 2 atom stereocenters. The summed E-state index contributed by atoms with van der Waals surface area (Å²) in [7, 11) is 0.244. The standard InChI is InChI=1S/C13H18O4S/c1-4-17-13(14)9-10(2)18(15)12-8-6-5-7-11(12)16-3/h5-8,10H,4,9H2,1-3H3. The number of methoxy groups -OCH3 is 1. The fourth-order valence-electron chi connectivity index (χ4n) is 1.53. The van der Waals surface area contributed by atoms with Gasteiger partial charge in [0.1, 0.15) is 5.75 Å². The van der Waals surface area contributed by atoms with E-state index < -0.39 is 10.8 Å². The van der Waals surface area contributed by atoms with Crippen LogP contribution >= 0.6 is 0 Å². The van der Waals surface area contributed by atoms with E-state index in [4.69, 9.17) is 9.47 Å². The molecule has 0 aromatic heterocycles. The average molecular weight is 270 g/mol. The molecule has 4 nitrogen and oxygen atoms in total. The maximum absolute atomic E-state index is 12.3. The first-order valence-corrected chi connectivity index (χ1v) is 7.00. The Morgan fingerprint density at radius 1 is 1.39 bits per heavy atom. The summed E-state index contributed by atoms with van der Waals surface area (Å²) >= 11 is 0. The summed E-state index contributed by atoms with van der Waals surface area (Å²) in [5, 5.41) is -0.305. The van der Waals surface area contributed by atoms with Crippen LogP contribution in [0.25, 0.3) is 0 Å². The molecule has 1 aromatic rings. The number of esters is 1. The third-order valence-corrected chi connectivity index (χ3v) is 4.08. The van der Waals surface area contributed by atoms with E-state index in [-0.39, 0.29) is 17.6 Å². The molecular weight excluding hydrogens is 252 g/mol. The van der Waals surface area contributed by atoms with Gasteiger partial charge in [0.2, 0.25) is 0 Å². The molecule has 0 N–H and O–H groups in total. The van der Waals surface area contributed by atoms with Crippen molar-refractivity contribution < 1.29 is 18.5 Å². The second kappa shape index (κ2) is 7.16. The summed E-state index contributed by atoms with van der Waals surface area (Å²) < 4.78 is 22.3. The van der Waals surface area contributed by atoms with E-state index >= 15 is 0 Å². The monoisotopic (exact) mass is 270 g/mol. The van der Waals surface area contributed by atoms with Crippen molar-refractivity contribution in [3.63, 3.8) is 0 Å². The Labute approximate surface area is 110 Å². The van der Waals surface area contributed by atoms with Gasteiger partial charge >= 0.3 is 5.97 Å². The van der Waals surface area contributed by atoms with E-state index in [1.807, 2.05) is 6.07 Å². The first-order chi connectivity index (χ1) is 8.60. The molecule has 0 heterocycles. The fourth-order valence-corrected chi connectivity index (χ4v) is 2.82. The van der Waals surface area contributed by atoms with Crippen LogP contribution in [0.2, 0.25) is 0 Å². The van der Waals surface area contributed by atoms with Crippen molar-refractivity contribution in [1.29, 1.82) is 0 Å². The molecule has 0 spiro atoms. The lowest BCUT2D eigenvalue weighted by Gasteiger charge is -2.13. The summed E-state index contributed by atoms with van der Waals surface area (Å²) in [5.74, 6) is 0.250. The number of hydrogen-bond donors (Lipinski definition) is 0. The Hall–Kier alpha value is -1.36. The van der Waals surface area contributed by atoms with E-state index in [2.05, 4.69) is 0 Å². The van der Waals surface area contributed by atoms with Gasteiger partial charge in [-0.2, -0.15) is 0 Å². The first kappa shape index (κ1) is 14.7. The first-order valence-electron chi connectivity index (χ1n) is 5.79. The topological polar surface area (TPSA) is 52.6 Å². The summed E-state index contributed by atoms with van der Waals surface area (Å²) in [5.41, 5.74) is 0. The fraction of sp³-hybridized carbons (Fsp3) is 0.462. The Balaban J connectivity index is 2.77. The molecule has 0 amide bonds. The summed E-state index contributed by atoms with van der Waals surface area (Å²) in [6.45, 7) is 3.85. The summed E-state index contributed by atoms with van der Waals surface area (Å²) in [4.78, 5) is 12.0. The zero-order valence-corrected chi connectivity index (χ0v) is 11.7. The van der Waals surface area contributed by atoms with Gasteiger partial charge in [-0.3, -0.25) is 9.00 Å². The number of rotatable bonds is 6.